The van der Waals surface area contributed by atoms with Gasteiger partial charge in [-0.15, -0.1) is 0 Å². The number of nitrogens with zero attached hydrogens (tertiary/aromatic N) is 1. The number of para-hydroxylation sites is 1. The van der Waals surface area contributed by atoms with Gasteiger partial charge in [-0.3, -0.25) is 23.9 Å². The van der Waals surface area contributed by atoms with Crippen molar-refractivity contribution in [2.75, 3.05) is 10.0 Å². The number of carbonyl (C=O) groups is 1. The molecule has 0 spiro atoms. The van der Waals surface area contributed by atoms with Crippen LogP contribution in [0.4, 0.5) is 11.4 Å². The summed E-state index contributed by atoms with van der Waals surface area (Å²) in [6.45, 7) is -0.391. The summed E-state index contributed by atoms with van der Waals surface area (Å²) >= 11 is 12.0. The Morgan fingerprint density at radius 3 is 2.47 bits per heavy atom. The molecular weight excluding hydrogens is 455 g/mol. The molecule has 0 saturated carbocycles. The lowest BCUT2D eigenvalue weighted by Crippen LogP contribution is -2.32. The molecule has 0 aliphatic rings. The van der Waals surface area contributed by atoms with E-state index in [4.69, 9.17) is 23.2 Å². The van der Waals surface area contributed by atoms with Crippen LogP contribution in [0.25, 0.3) is 0 Å². The lowest BCUT2D eigenvalue weighted by atomic mass is 10.3. The molecule has 0 fully saturated rings. The van der Waals surface area contributed by atoms with Crippen molar-refractivity contribution in [3.8, 4) is 0 Å². The van der Waals surface area contributed by atoms with Crippen LogP contribution >= 0.6 is 23.2 Å². The first-order chi connectivity index (χ1) is 14.2. The smallest absolute Gasteiger partial charge is 0.324 e. The Hall–Kier alpha value is -3.08. The van der Waals surface area contributed by atoms with Crippen LogP contribution in [-0.2, 0) is 21.4 Å². The minimum atomic E-state index is -4.11. The van der Waals surface area contributed by atoms with Gasteiger partial charge in [0, 0.05) is 18.0 Å². The number of aromatic nitrogens is 2. The molecule has 3 N–H and O–H groups in total. The highest BCUT2D eigenvalue weighted by molar-refractivity contribution is 7.92. The molecule has 1 aromatic heterocycles. The average Bonchev–Trinajstić information content (AvgIpc) is 2.67. The number of H-pyrrole nitrogens is 1. The van der Waals surface area contributed by atoms with Crippen LogP contribution in [0.5, 0.6) is 0 Å². The molecule has 0 unspecified atom stereocenters. The zero-order valence-electron chi connectivity index (χ0n) is 15.1. The third-order valence-corrected chi connectivity index (χ3v) is 6.01. The van der Waals surface area contributed by atoms with Crippen LogP contribution in [0.1, 0.15) is 0 Å². The molecule has 30 heavy (non-hydrogen) atoms. The Bertz CT molecular complexity index is 1330. The Morgan fingerprint density at radius 1 is 1.03 bits per heavy atom. The van der Waals surface area contributed by atoms with Crippen LogP contribution in [0.2, 0.25) is 10.0 Å². The van der Waals surface area contributed by atoms with E-state index in [1.807, 2.05) is 4.98 Å². The molecule has 12 heteroatoms. The molecule has 0 aliphatic carbocycles. The second kappa shape index (κ2) is 8.74. The standard InChI is InChI=1S/C18H14Cl2N4O5S/c19-12-3-1-2-4-14(12)23-30(28,29)15-9-11(5-6-13(15)20)21-17(26)10-24-8-7-16(25)22-18(24)27/h1-9,23H,10H2,(H,21,26)(H,22,25,27). The van der Waals surface area contributed by atoms with Gasteiger partial charge in [-0.2, -0.15) is 0 Å². The third kappa shape index (κ3) is 5.09. The van der Waals surface area contributed by atoms with Gasteiger partial charge in [0.15, 0.2) is 0 Å². The van der Waals surface area contributed by atoms with Gasteiger partial charge in [0.1, 0.15) is 11.4 Å². The summed E-state index contributed by atoms with van der Waals surface area (Å²) < 4.78 is 28.8. The summed E-state index contributed by atoms with van der Waals surface area (Å²) in [4.78, 5) is 36.7. The number of sulfonamides is 1. The van der Waals surface area contributed by atoms with E-state index in [1.54, 1.807) is 12.1 Å². The van der Waals surface area contributed by atoms with Crippen molar-refractivity contribution in [2.45, 2.75) is 11.4 Å². The summed E-state index contributed by atoms with van der Waals surface area (Å²) in [5, 5.41) is 2.62. The molecule has 0 saturated heterocycles. The van der Waals surface area contributed by atoms with Gasteiger partial charge in [0.2, 0.25) is 5.91 Å². The van der Waals surface area contributed by atoms with Gasteiger partial charge in [-0.25, -0.2) is 13.2 Å². The quantitative estimate of drug-likeness (QED) is 0.510. The number of hydrogen-bond donors (Lipinski definition) is 3. The molecule has 0 radical (unpaired) electrons. The summed E-state index contributed by atoms with van der Waals surface area (Å²) in [7, 11) is -4.11. The fourth-order valence-corrected chi connectivity index (χ4v) is 4.30. The highest BCUT2D eigenvalue weighted by Crippen LogP contribution is 2.29. The Balaban J connectivity index is 1.82. The maximum Gasteiger partial charge on any atom is 0.328 e. The summed E-state index contributed by atoms with van der Waals surface area (Å²) in [6, 6.07) is 11.3. The predicted molar refractivity (Wildman–Crippen MR) is 114 cm³/mol. The average molecular weight is 469 g/mol. The number of halogens is 2. The number of amides is 1. The van der Waals surface area contributed by atoms with Crippen LogP contribution in [0.15, 0.2) is 69.2 Å². The van der Waals surface area contributed by atoms with E-state index in [2.05, 4.69) is 10.0 Å². The van der Waals surface area contributed by atoms with Crippen LogP contribution in [0, 0.1) is 0 Å². The van der Waals surface area contributed by atoms with Gasteiger partial charge in [0.05, 0.1) is 15.7 Å². The Labute approximate surface area is 180 Å². The van der Waals surface area contributed by atoms with E-state index in [0.29, 0.717) is 0 Å². The van der Waals surface area contributed by atoms with Crippen molar-refractivity contribution >= 4 is 50.5 Å². The van der Waals surface area contributed by atoms with Crippen molar-refractivity contribution in [3.05, 3.63) is 85.6 Å². The number of hydrogen-bond acceptors (Lipinski definition) is 5. The topological polar surface area (TPSA) is 130 Å². The largest absolute Gasteiger partial charge is 0.328 e. The highest BCUT2D eigenvalue weighted by atomic mass is 35.5. The number of carbonyl (C=O) groups excluding carboxylic acids is 1. The van der Waals surface area contributed by atoms with Crippen LogP contribution < -0.4 is 21.3 Å². The van der Waals surface area contributed by atoms with Gasteiger partial charge in [0.25, 0.3) is 15.6 Å². The summed E-state index contributed by atoms with van der Waals surface area (Å²) in [6.07, 6.45) is 1.17. The number of aromatic amines is 1. The van der Waals surface area contributed by atoms with E-state index in [-0.39, 0.29) is 26.3 Å². The number of nitrogens with one attached hydrogen (secondary N) is 3. The van der Waals surface area contributed by atoms with Crippen LogP contribution in [-0.4, -0.2) is 23.9 Å². The fourth-order valence-electron chi connectivity index (χ4n) is 2.45. The molecule has 2 aromatic carbocycles. The van der Waals surface area contributed by atoms with E-state index in [0.717, 1.165) is 10.6 Å². The van der Waals surface area contributed by atoms with Gasteiger partial charge < -0.3 is 5.32 Å². The Kier molecular flexibility index (Phi) is 6.30. The zero-order chi connectivity index (χ0) is 21.9. The second-order valence-electron chi connectivity index (χ2n) is 6.02. The number of rotatable bonds is 6. The van der Waals surface area contributed by atoms with E-state index in [1.165, 1.54) is 36.5 Å². The maximum atomic E-state index is 12.7. The minimum absolute atomic E-state index is 0.0654. The lowest BCUT2D eigenvalue weighted by molar-refractivity contribution is -0.116. The highest BCUT2D eigenvalue weighted by Gasteiger charge is 2.20. The first kappa shape index (κ1) is 21.6. The summed E-state index contributed by atoms with van der Waals surface area (Å²) in [5.74, 6) is -0.617. The van der Waals surface area contributed by atoms with Crippen molar-refractivity contribution < 1.29 is 13.2 Å². The predicted octanol–water partition coefficient (Wildman–Crippen LogP) is 2.28. The van der Waals surface area contributed by atoms with E-state index < -0.39 is 33.7 Å². The lowest BCUT2D eigenvalue weighted by Gasteiger charge is -2.13. The van der Waals surface area contributed by atoms with Crippen molar-refractivity contribution in [3.63, 3.8) is 0 Å². The maximum absolute atomic E-state index is 12.7. The minimum Gasteiger partial charge on any atom is -0.324 e. The molecule has 1 amide bonds. The molecule has 156 valence electrons. The van der Waals surface area contributed by atoms with Crippen molar-refractivity contribution in [1.82, 2.24) is 9.55 Å². The first-order valence-electron chi connectivity index (χ1n) is 8.32. The van der Waals surface area contributed by atoms with Gasteiger partial charge in [-0.05, 0) is 30.3 Å². The fraction of sp³-hybridized carbons (Fsp3) is 0.0556. The zero-order valence-corrected chi connectivity index (χ0v) is 17.4. The third-order valence-electron chi connectivity index (χ3n) is 3.83. The molecule has 3 rings (SSSR count). The monoisotopic (exact) mass is 468 g/mol. The van der Waals surface area contributed by atoms with Crippen LogP contribution in [0.3, 0.4) is 0 Å². The molecular formula is C18H14Cl2N4O5S. The summed E-state index contributed by atoms with van der Waals surface area (Å²) in [5.41, 5.74) is -1.03. The van der Waals surface area contributed by atoms with E-state index >= 15 is 0 Å². The SMILES string of the molecule is O=C(Cn1ccc(=O)[nH]c1=O)Nc1ccc(Cl)c(S(=O)(=O)Nc2ccccc2Cl)c1. The molecule has 3 aromatic rings. The van der Waals surface area contributed by atoms with Gasteiger partial charge >= 0.3 is 5.69 Å². The Morgan fingerprint density at radius 2 is 1.77 bits per heavy atom. The molecule has 0 aliphatic heterocycles. The van der Waals surface area contributed by atoms with E-state index in [9.17, 15) is 22.8 Å². The van der Waals surface area contributed by atoms with Crippen molar-refractivity contribution in [2.24, 2.45) is 0 Å². The van der Waals surface area contributed by atoms with Gasteiger partial charge in [-0.1, -0.05) is 35.3 Å². The normalized spacial score (nSPS) is 11.1. The first-order valence-corrected chi connectivity index (χ1v) is 10.6. The molecule has 1 heterocycles. The van der Waals surface area contributed by atoms with Crippen molar-refractivity contribution in [1.29, 1.82) is 0 Å². The molecule has 0 bridgehead atoms. The number of anilines is 2. The molecule has 0 atom stereocenters. The second-order valence-corrected chi connectivity index (χ2v) is 8.48. The molecule has 9 nitrogen and oxygen atoms in total. The number of benzene rings is 2.